The van der Waals surface area contributed by atoms with Gasteiger partial charge in [-0.05, 0) is 39.0 Å². The first-order valence-corrected chi connectivity index (χ1v) is 10.1. The fourth-order valence-corrected chi connectivity index (χ4v) is 2.25. The largest absolute Gasteiger partial charge is 0.476 e. The van der Waals surface area contributed by atoms with Crippen LogP contribution in [0, 0.1) is 11.8 Å². The summed E-state index contributed by atoms with van der Waals surface area (Å²) in [6.07, 6.45) is 0.662. The Balaban J connectivity index is 2.69. The van der Waals surface area contributed by atoms with Gasteiger partial charge in [-0.1, -0.05) is 17.9 Å². The molecule has 0 fully saturated rings. The van der Waals surface area contributed by atoms with E-state index in [0.29, 0.717) is 25.4 Å². The summed E-state index contributed by atoms with van der Waals surface area (Å²) in [5.41, 5.74) is -0.202. The molecule has 0 N–H and O–H groups in total. The quantitative estimate of drug-likeness (QED) is 0.212. The van der Waals surface area contributed by atoms with Crippen LogP contribution in [0.2, 0.25) is 0 Å². The van der Waals surface area contributed by atoms with Gasteiger partial charge in [-0.3, -0.25) is 0 Å². The molecule has 1 rings (SSSR count). The SMILES string of the molecule is CCOC(=O)C(C)(C)Oc1cccc(C#CCCOSI)c1. The molecule has 0 aliphatic rings. The predicted octanol–water partition coefficient (Wildman–Crippen LogP) is 4.16. The average molecular weight is 434 g/mol. The summed E-state index contributed by atoms with van der Waals surface area (Å²) in [5.74, 6) is 6.27. The van der Waals surface area contributed by atoms with E-state index in [1.54, 1.807) is 26.8 Å². The van der Waals surface area contributed by atoms with E-state index in [1.165, 1.54) is 9.21 Å². The summed E-state index contributed by atoms with van der Waals surface area (Å²) in [6, 6.07) is 7.34. The van der Waals surface area contributed by atoms with Gasteiger partial charge >= 0.3 is 5.97 Å². The minimum atomic E-state index is -1.03. The molecule has 0 radical (unpaired) electrons. The van der Waals surface area contributed by atoms with Gasteiger partial charge in [0.2, 0.25) is 0 Å². The molecule has 1 aromatic carbocycles. The van der Waals surface area contributed by atoms with Crippen LogP contribution in [0.3, 0.4) is 0 Å². The van der Waals surface area contributed by atoms with Crippen molar-refractivity contribution in [3.63, 3.8) is 0 Å². The summed E-state index contributed by atoms with van der Waals surface area (Å²) in [4.78, 5) is 11.8. The van der Waals surface area contributed by atoms with Crippen LogP contribution in [0.5, 0.6) is 5.75 Å². The molecule has 1 aromatic rings. The van der Waals surface area contributed by atoms with E-state index in [-0.39, 0.29) is 5.97 Å². The lowest BCUT2D eigenvalue weighted by molar-refractivity contribution is -0.158. The molecule has 22 heavy (non-hydrogen) atoms. The number of hydrogen-bond acceptors (Lipinski definition) is 5. The number of rotatable bonds is 7. The van der Waals surface area contributed by atoms with Crippen LogP contribution in [-0.4, -0.2) is 24.8 Å². The van der Waals surface area contributed by atoms with Gasteiger partial charge in [0.1, 0.15) is 5.75 Å². The minimum absolute atomic E-state index is 0.328. The third kappa shape index (κ3) is 6.90. The van der Waals surface area contributed by atoms with Crippen molar-refractivity contribution in [1.29, 1.82) is 0 Å². The van der Waals surface area contributed by atoms with Crippen LogP contribution in [0.1, 0.15) is 32.8 Å². The predicted molar refractivity (Wildman–Crippen MR) is 96.8 cm³/mol. The van der Waals surface area contributed by atoms with Crippen LogP contribution in [0.25, 0.3) is 0 Å². The second-order valence-electron chi connectivity index (χ2n) is 4.80. The highest BCUT2D eigenvalue weighted by Gasteiger charge is 2.31. The van der Waals surface area contributed by atoms with Gasteiger partial charge < -0.3 is 13.7 Å². The van der Waals surface area contributed by atoms with Gasteiger partial charge in [-0.15, -0.1) is 0 Å². The normalized spacial score (nSPS) is 10.5. The van der Waals surface area contributed by atoms with Crippen LogP contribution < -0.4 is 4.74 Å². The van der Waals surface area contributed by atoms with Crippen LogP contribution in [-0.2, 0) is 13.7 Å². The van der Waals surface area contributed by atoms with E-state index in [4.69, 9.17) is 13.7 Å². The lowest BCUT2D eigenvalue weighted by Crippen LogP contribution is -2.39. The lowest BCUT2D eigenvalue weighted by atomic mass is 10.1. The molecule has 0 unspecified atom stereocenters. The van der Waals surface area contributed by atoms with Crippen molar-refractivity contribution in [2.24, 2.45) is 0 Å². The fourth-order valence-electron chi connectivity index (χ4n) is 1.57. The topological polar surface area (TPSA) is 44.8 Å². The zero-order valence-corrected chi connectivity index (χ0v) is 15.8. The third-order valence-electron chi connectivity index (χ3n) is 2.56. The molecular weight excluding hydrogens is 415 g/mol. The maximum absolute atomic E-state index is 11.8. The zero-order chi connectivity index (χ0) is 16.4. The molecule has 0 heterocycles. The summed E-state index contributed by atoms with van der Waals surface area (Å²) < 4.78 is 15.9. The maximum Gasteiger partial charge on any atom is 0.349 e. The Morgan fingerprint density at radius 3 is 2.86 bits per heavy atom. The van der Waals surface area contributed by atoms with E-state index < -0.39 is 5.60 Å². The smallest absolute Gasteiger partial charge is 0.349 e. The number of ether oxygens (including phenoxy) is 2. The number of carbonyl (C=O) groups is 1. The molecule has 4 nitrogen and oxygen atoms in total. The molecule has 0 spiro atoms. The molecule has 0 amide bonds. The maximum atomic E-state index is 11.8. The van der Waals surface area contributed by atoms with Gasteiger partial charge in [0.05, 0.1) is 22.4 Å². The first-order chi connectivity index (χ1) is 10.5. The second-order valence-corrected chi connectivity index (χ2v) is 6.24. The Bertz CT molecular complexity index is 549. The van der Waals surface area contributed by atoms with Crippen molar-refractivity contribution in [2.75, 3.05) is 13.2 Å². The summed E-state index contributed by atoms with van der Waals surface area (Å²) in [6.45, 7) is 6.05. The second kappa shape index (κ2) is 9.98. The molecule has 6 heteroatoms. The van der Waals surface area contributed by atoms with E-state index in [9.17, 15) is 4.79 Å². The van der Waals surface area contributed by atoms with Crippen molar-refractivity contribution < 1.29 is 18.5 Å². The molecule has 0 aliphatic heterocycles. The monoisotopic (exact) mass is 434 g/mol. The molecule has 0 aromatic heterocycles. The number of esters is 1. The highest BCUT2D eigenvalue weighted by Crippen LogP contribution is 2.20. The number of carbonyl (C=O) groups excluding carboxylic acids is 1. The number of halogens is 1. The molecule has 0 saturated heterocycles. The lowest BCUT2D eigenvalue weighted by Gasteiger charge is -2.24. The molecule has 120 valence electrons. The van der Waals surface area contributed by atoms with E-state index in [1.807, 2.05) is 18.2 Å². The highest BCUT2D eigenvalue weighted by molar-refractivity contribution is 14.2. The highest BCUT2D eigenvalue weighted by atomic mass is 127. The third-order valence-corrected chi connectivity index (χ3v) is 3.58. The van der Waals surface area contributed by atoms with Crippen LogP contribution >= 0.6 is 30.4 Å². The standard InChI is InChI=1S/C16H19IO4S/c1-4-19-15(18)16(2,3)21-14-10-7-9-13(12-14)8-5-6-11-20-22-17/h7,9-10,12H,4,6,11H2,1-3H3. The summed E-state index contributed by atoms with van der Waals surface area (Å²) >= 11 is 2.07. The fraction of sp³-hybridized carbons (Fsp3) is 0.438. The van der Waals surface area contributed by atoms with Gasteiger partial charge in [-0.2, -0.15) is 0 Å². The molecular formula is C16H19IO4S. The van der Waals surface area contributed by atoms with Gasteiger partial charge in [0.15, 0.2) is 5.60 Å². The zero-order valence-electron chi connectivity index (χ0n) is 12.8. The van der Waals surface area contributed by atoms with Gasteiger partial charge in [0, 0.05) is 33.2 Å². The van der Waals surface area contributed by atoms with Gasteiger partial charge in [0.25, 0.3) is 0 Å². The van der Waals surface area contributed by atoms with Crippen molar-refractivity contribution in [2.45, 2.75) is 32.8 Å². The van der Waals surface area contributed by atoms with Crippen molar-refractivity contribution in [3.05, 3.63) is 29.8 Å². The first-order valence-electron chi connectivity index (χ1n) is 6.85. The molecule has 0 atom stereocenters. The Morgan fingerprint density at radius 2 is 2.18 bits per heavy atom. The van der Waals surface area contributed by atoms with Crippen molar-refractivity contribution >= 4 is 36.4 Å². The van der Waals surface area contributed by atoms with Crippen LogP contribution in [0.4, 0.5) is 0 Å². The molecule has 0 saturated carbocycles. The van der Waals surface area contributed by atoms with E-state index >= 15 is 0 Å². The average Bonchev–Trinajstić information content (AvgIpc) is 2.47. The van der Waals surface area contributed by atoms with Gasteiger partial charge in [-0.25, -0.2) is 4.79 Å². The van der Waals surface area contributed by atoms with Crippen molar-refractivity contribution in [3.8, 4) is 17.6 Å². The molecule has 0 aliphatic carbocycles. The summed E-state index contributed by atoms with van der Waals surface area (Å²) in [7, 11) is 1.30. The van der Waals surface area contributed by atoms with Crippen molar-refractivity contribution in [1.82, 2.24) is 0 Å². The van der Waals surface area contributed by atoms with Crippen LogP contribution in [0.15, 0.2) is 24.3 Å². The van der Waals surface area contributed by atoms with E-state index in [0.717, 1.165) is 5.56 Å². The number of hydrogen-bond donors (Lipinski definition) is 0. The Morgan fingerprint density at radius 1 is 1.41 bits per heavy atom. The minimum Gasteiger partial charge on any atom is -0.476 e. The van der Waals surface area contributed by atoms with E-state index in [2.05, 4.69) is 33.0 Å². The molecule has 0 bridgehead atoms. The Hall–Kier alpha value is -0.910. The number of benzene rings is 1. The summed E-state index contributed by atoms with van der Waals surface area (Å²) in [5, 5.41) is 0. The Kier molecular flexibility index (Phi) is 8.68. The Labute approximate surface area is 148 Å². The first kappa shape index (κ1) is 19.1.